The lowest BCUT2D eigenvalue weighted by Crippen LogP contribution is -2.27. The molecule has 3 heteroatoms. The van der Waals surface area contributed by atoms with E-state index in [2.05, 4.69) is 10.2 Å². The van der Waals surface area contributed by atoms with E-state index >= 15 is 0 Å². The van der Waals surface area contributed by atoms with E-state index in [1.54, 1.807) is 0 Å². The summed E-state index contributed by atoms with van der Waals surface area (Å²) in [5, 5.41) is 3.58. The fourth-order valence-corrected chi connectivity index (χ4v) is 2.43. The van der Waals surface area contributed by atoms with Crippen LogP contribution in [0.5, 0.6) is 0 Å². The highest BCUT2D eigenvalue weighted by molar-refractivity contribution is 4.80. The summed E-state index contributed by atoms with van der Waals surface area (Å²) in [6.45, 7) is 6.79. The summed E-state index contributed by atoms with van der Waals surface area (Å²) < 4.78 is 5.46. The van der Waals surface area contributed by atoms with Crippen molar-refractivity contribution >= 4 is 0 Å². The van der Waals surface area contributed by atoms with Gasteiger partial charge in [0.15, 0.2) is 0 Å². The molecule has 3 nitrogen and oxygen atoms in total. The number of unbranched alkanes of at least 4 members (excludes halogenated alkanes) is 3. The molecule has 0 aromatic rings. The maximum Gasteiger partial charge on any atom is 0.0593 e. The molecular weight excluding hydrogens is 212 g/mol. The van der Waals surface area contributed by atoms with E-state index in [-0.39, 0.29) is 0 Å². The SMILES string of the molecule is C(CCCN1CCCOCC1)CCNC1CC1. The minimum Gasteiger partial charge on any atom is -0.380 e. The van der Waals surface area contributed by atoms with Gasteiger partial charge in [-0.1, -0.05) is 12.8 Å². The average Bonchev–Trinajstić information content (AvgIpc) is 3.15. The molecular formula is C14H28N2O. The van der Waals surface area contributed by atoms with Crippen molar-refractivity contribution in [2.45, 2.75) is 51.0 Å². The van der Waals surface area contributed by atoms with Crippen LogP contribution in [-0.4, -0.2) is 50.3 Å². The first-order valence-electron chi connectivity index (χ1n) is 7.48. The van der Waals surface area contributed by atoms with Gasteiger partial charge < -0.3 is 15.0 Å². The molecule has 1 saturated heterocycles. The number of rotatable bonds is 8. The zero-order chi connectivity index (χ0) is 11.8. The van der Waals surface area contributed by atoms with Gasteiger partial charge in [-0.2, -0.15) is 0 Å². The van der Waals surface area contributed by atoms with Crippen LogP contribution in [0.25, 0.3) is 0 Å². The first kappa shape index (κ1) is 13.3. The van der Waals surface area contributed by atoms with Gasteiger partial charge in [0.1, 0.15) is 0 Å². The smallest absolute Gasteiger partial charge is 0.0593 e. The zero-order valence-electron chi connectivity index (χ0n) is 11.1. The highest BCUT2D eigenvalue weighted by Crippen LogP contribution is 2.18. The lowest BCUT2D eigenvalue weighted by molar-refractivity contribution is 0.141. The van der Waals surface area contributed by atoms with Crippen LogP contribution in [0.15, 0.2) is 0 Å². The first-order chi connectivity index (χ1) is 8.45. The molecule has 17 heavy (non-hydrogen) atoms. The minimum absolute atomic E-state index is 0.882. The largest absolute Gasteiger partial charge is 0.380 e. The van der Waals surface area contributed by atoms with Crippen LogP contribution < -0.4 is 5.32 Å². The lowest BCUT2D eigenvalue weighted by Gasteiger charge is -2.18. The molecule has 0 amide bonds. The molecule has 1 saturated carbocycles. The summed E-state index contributed by atoms with van der Waals surface area (Å²) in [5.41, 5.74) is 0. The predicted molar refractivity (Wildman–Crippen MR) is 71.4 cm³/mol. The summed E-state index contributed by atoms with van der Waals surface area (Å²) in [4.78, 5) is 2.56. The molecule has 0 radical (unpaired) electrons. The molecule has 0 unspecified atom stereocenters. The monoisotopic (exact) mass is 240 g/mol. The van der Waals surface area contributed by atoms with Gasteiger partial charge >= 0.3 is 0 Å². The molecule has 2 aliphatic rings. The van der Waals surface area contributed by atoms with Crippen molar-refractivity contribution in [3.8, 4) is 0 Å². The maximum absolute atomic E-state index is 5.46. The molecule has 1 heterocycles. The van der Waals surface area contributed by atoms with Crippen LogP contribution in [0.3, 0.4) is 0 Å². The van der Waals surface area contributed by atoms with Crippen LogP contribution in [0.4, 0.5) is 0 Å². The van der Waals surface area contributed by atoms with Gasteiger partial charge in [0.25, 0.3) is 0 Å². The normalized spacial score (nSPS) is 22.6. The van der Waals surface area contributed by atoms with Gasteiger partial charge in [0.05, 0.1) is 6.61 Å². The second-order valence-electron chi connectivity index (χ2n) is 5.45. The van der Waals surface area contributed by atoms with Gasteiger partial charge in [-0.15, -0.1) is 0 Å². The van der Waals surface area contributed by atoms with Crippen LogP contribution >= 0.6 is 0 Å². The Morgan fingerprint density at radius 1 is 1.00 bits per heavy atom. The second kappa shape index (κ2) is 8.06. The third-order valence-corrected chi connectivity index (χ3v) is 3.73. The Kier molecular flexibility index (Phi) is 6.32. The third kappa shape index (κ3) is 6.39. The molecule has 2 rings (SSSR count). The number of ether oxygens (including phenoxy) is 1. The Labute approximate surface area is 106 Å². The van der Waals surface area contributed by atoms with Gasteiger partial charge in [-0.3, -0.25) is 0 Å². The van der Waals surface area contributed by atoms with Gasteiger partial charge in [0, 0.05) is 25.7 Å². The Bertz CT molecular complexity index is 187. The third-order valence-electron chi connectivity index (χ3n) is 3.73. The van der Waals surface area contributed by atoms with E-state index < -0.39 is 0 Å². The molecule has 2 fully saturated rings. The predicted octanol–water partition coefficient (Wildman–Crippen LogP) is 2.02. The Hall–Kier alpha value is -0.120. The highest BCUT2D eigenvalue weighted by Gasteiger charge is 2.19. The molecule has 0 aromatic carbocycles. The van der Waals surface area contributed by atoms with Gasteiger partial charge in [-0.25, -0.2) is 0 Å². The molecule has 0 aromatic heterocycles. The molecule has 1 aliphatic heterocycles. The number of nitrogens with one attached hydrogen (secondary N) is 1. The van der Waals surface area contributed by atoms with E-state index in [0.717, 1.165) is 25.8 Å². The first-order valence-corrected chi connectivity index (χ1v) is 7.48. The van der Waals surface area contributed by atoms with Crippen molar-refractivity contribution in [3.05, 3.63) is 0 Å². The van der Waals surface area contributed by atoms with Crippen LogP contribution in [0.1, 0.15) is 44.9 Å². The standard InChI is InChI=1S/C14H28N2O/c1(3-8-15-14-6-7-14)2-4-9-16-10-5-12-17-13-11-16/h14-15H,1-13H2. The van der Waals surface area contributed by atoms with Crippen molar-refractivity contribution in [2.75, 3.05) is 39.4 Å². The van der Waals surface area contributed by atoms with Crippen molar-refractivity contribution in [1.82, 2.24) is 10.2 Å². The average molecular weight is 240 g/mol. The van der Waals surface area contributed by atoms with E-state index in [9.17, 15) is 0 Å². The van der Waals surface area contributed by atoms with Crippen LogP contribution in [0.2, 0.25) is 0 Å². The number of nitrogens with zero attached hydrogens (tertiary/aromatic N) is 1. The summed E-state index contributed by atoms with van der Waals surface area (Å²) in [5.74, 6) is 0. The van der Waals surface area contributed by atoms with E-state index in [4.69, 9.17) is 4.74 Å². The van der Waals surface area contributed by atoms with Gasteiger partial charge in [-0.05, 0) is 45.2 Å². The van der Waals surface area contributed by atoms with E-state index in [1.165, 1.54) is 64.6 Å². The highest BCUT2D eigenvalue weighted by atomic mass is 16.5. The Balaban J connectivity index is 1.36. The molecule has 1 N–H and O–H groups in total. The molecule has 0 bridgehead atoms. The molecule has 0 spiro atoms. The van der Waals surface area contributed by atoms with Crippen LogP contribution in [0, 0.1) is 0 Å². The fourth-order valence-electron chi connectivity index (χ4n) is 2.43. The number of hydrogen-bond acceptors (Lipinski definition) is 3. The zero-order valence-corrected chi connectivity index (χ0v) is 11.1. The van der Waals surface area contributed by atoms with E-state index in [0.29, 0.717) is 0 Å². The Morgan fingerprint density at radius 2 is 1.88 bits per heavy atom. The summed E-state index contributed by atoms with van der Waals surface area (Å²) in [7, 11) is 0. The summed E-state index contributed by atoms with van der Waals surface area (Å²) in [6.07, 6.45) is 9.55. The quantitative estimate of drug-likeness (QED) is 0.657. The van der Waals surface area contributed by atoms with Crippen molar-refractivity contribution in [3.63, 3.8) is 0 Å². The number of hydrogen-bond donors (Lipinski definition) is 1. The maximum atomic E-state index is 5.46. The molecule has 100 valence electrons. The second-order valence-corrected chi connectivity index (χ2v) is 5.45. The van der Waals surface area contributed by atoms with Crippen molar-refractivity contribution < 1.29 is 4.74 Å². The summed E-state index contributed by atoms with van der Waals surface area (Å²) >= 11 is 0. The molecule has 0 atom stereocenters. The van der Waals surface area contributed by atoms with E-state index in [1.807, 2.05) is 0 Å². The lowest BCUT2D eigenvalue weighted by atomic mass is 10.2. The van der Waals surface area contributed by atoms with Crippen molar-refractivity contribution in [1.29, 1.82) is 0 Å². The Morgan fingerprint density at radius 3 is 2.76 bits per heavy atom. The summed E-state index contributed by atoms with van der Waals surface area (Å²) in [6, 6.07) is 0.882. The van der Waals surface area contributed by atoms with Crippen LogP contribution in [-0.2, 0) is 4.74 Å². The topological polar surface area (TPSA) is 24.5 Å². The minimum atomic E-state index is 0.882. The fraction of sp³-hybridized carbons (Fsp3) is 1.00. The van der Waals surface area contributed by atoms with Crippen molar-refractivity contribution in [2.24, 2.45) is 0 Å². The van der Waals surface area contributed by atoms with Gasteiger partial charge in [0.2, 0.25) is 0 Å². The molecule has 1 aliphatic carbocycles.